The van der Waals surface area contributed by atoms with Crippen molar-refractivity contribution in [2.75, 3.05) is 19.8 Å². The molecule has 0 aromatic carbocycles. The highest BCUT2D eigenvalue weighted by Gasteiger charge is 2.21. The molecule has 18 nitrogen and oxygen atoms in total. The van der Waals surface area contributed by atoms with E-state index in [1.165, 1.54) is 18.2 Å². The second-order valence-electron chi connectivity index (χ2n) is 5.15. The fourth-order valence-corrected chi connectivity index (χ4v) is 1.20. The lowest BCUT2D eigenvalue weighted by Crippen LogP contribution is -2.48. The van der Waals surface area contributed by atoms with Crippen LogP contribution in [0.5, 0.6) is 0 Å². The van der Waals surface area contributed by atoms with E-state index in [9.17, 15) is 28.8 Å². The van der Waals surface area contributed by atoms with Crippen molar-refractivity contribution in [2.24, 2.45) is 0 Å². The summed E-state index contributed by atoms with van der Waals surface area (Å²) in [6.07, 6.45) is 0.316. The molecule has 0 atom stereocenters. The van der Waals surface area contributed by atoms with Gasteiger partial charge in [-0.25, -0.2) is 33.3 Å². The van der Waals surface area contributed by atoms with E-state index < -0.39 is 48.1 Å². The molecule has 18 heteroatoms. The van der Waals surface area contributed by atoms with Crippen LogP contribution in [0.25, 0.3) is 0 Å². The molecule has 35 heavy (non-hydrogen) atoms. The SMILES string of the molecule is C=CCOC(=O)O.C=CCOC(=O)O.C=CCOC(=O)O.O=c1[nH]c(=O)n(CC(O)(O)O)c(=O)[nH]1. The Morgan fingerprint density at radius 3 is 1.20 bits per heavy atom. The minimum Gasteiger partial charge on any atom is -0.450 e. The standard InChI is InChI=1S/C5H7N3O6.3C4H6O3/c9-2-6-3(10)8(4(11)7-2)1-5(12,13)14;3*1-2-3-7-4(5)6/h12-14H,1H2,(H2,6,7,9,10,11);3*2H,1,3H2,(H,5,6). The van der Waals surface area contributed by atoms with Crippen LogP contribution < -0.4 is 17.1 Å². The molecule has 1 aromatic rings. The van der Waals surface area contributed by atoms with Crippen molar-refractivity contribution in [1.29, 1.82) is 0 Å². The zero-order valence-electron chi connectivity index (χ0n) is 18.0. The molecular weight excluding hydrogens is 486 g/mol. The summed E-state index contributed by atoms with van der Waals surface area (Å²) in [7, 11) is 0. The van der Waals surface area contributed by atoms with Crippen LogP contribution >= 0.6 is 0 Å². The topological polar surface area (TPSA) is 288 Å². The minimum absolute atomic E-state index is 0.0648. The second-order valence-corrected chi connectivity index (χ2v) is 5.15. The lowest BCUT2D eigenvalue weighted by molar-refractivity contribution is -0.319. The third-order valence-electron chi connectivity index (χ3n) is 2.28. The van der Waals surface area contributed by atoms with Gasteiger partial charge in [0.25, 0.3) is 5.97 Å². The Hall–Kier alpha value is -4.68. The van der Waals surface area contributed by atoms with Gasteiger partial charge < -0.3 is 44.8 Å². The molecule has 0 saturated heterocycles. The molecule has 0 spiro atoms. The second kappa shape index (κ2) is 20.0. The van der Waals surface area contributed by atoms with E-state index >= 15 is 0 Å². The van der Waals surface area contributed by atoms with Gasteiger partial charge in [-0.15, -0.1) is 0 Å². The fourth-order valence-electron chi connectivity index (χ4n) is 1.20. The van der Waals surface area contributed by atoms with Crippen molar-refractivity contribution < 1.29 is 59.2 Å². The number of carboxylic acid groups (broad SMARTS) is 3. The Labute approximate surface area is 194 Å². The summed E-state index contributed by atoms with van der Waals surface area (Å²) >= 11 is 0. The van der Waals surface area contributed by atoms with Crippen LogP contribution in [0.2, 0.25) is 0 Å². The number of aliphatic hydroxyl groups is 3. The average molecular weight is 511 g/mol. The number of ether oxygens (including phenoxy) is 3. The first-order valence-electron chi connectivity index (χ1n) is 8.61. The van der Waals surface area contributed by atoms with Crippen molar-refractivity contribution in [1.82, 2.24) is 14.5 Å². The lowest BCUT2D eigenvalue weighted by Gasteiger charge is -2.13. The van der Waals surface area contributed by atoms with Gasteiger partial charge in [-0.2, -0.15) is 0 Å². The third-order valence-corrected chi connectivity index (χ3v) is 2.28. The van der Waals surface area contributed by atoms with Gasteiger partial charge in [0.15, 0.2) is 0 Å². The number of H-pyrrole nitrogens is 2. The maximum Gasteiger partial charge on any atom is 0.506 e. The largest absolute Gasteiger partial charge is 0.506 e. The third kappa shape index (κ3) is 27.3. The van der Waals surface area contributed by atoms with Gasteiger partial charge in [-0.1, -0.05) is 38.0 Å². The molecule has 0 amide bonds. The van der Waals surface area contributed by atoms with E-state index in [-0.39, 0.29) is 24.4 Å². The van der Waals surface area contributed by atoms with E-state index in [2.05, 4.69) is 33.9 Å². The Bertz CT molecular complexity index is 897. The normalized spacial score (nSPS) is 9.11. The zero-order valence-corrected chi connectivity index (χ0v) is 18.0. The summed E-state index contributed by atoms with van der Waals surface area (Å²) in [6, 6.07) is 0. The number of hydrogen-bond donors (Lipinski definition) is 8. The van der Waals surface area contributed by atoms with Crippen LogP contribution in [0.15, 0.2) is 52.3 Å². The molecule has 8 N–H and O–H groups in total. The average Bonchev–Trinajstić information content (AvgIpc) is 2.72. The monoisotopic (exact) mass is 511 g/mol. The van der Waals surface area contributed by atoms with E-state index in [0.717, 1.165) is 0 Å². The van der Waals surface area contributed by atoms with Crippen molar-refractivity contribution in [3.05, 3.63) is 69.4 Å². The predicted octanol–water partition coefficient (Wildman–Crippen LogP) is -1.54. The Morgan fingerprint density at radius 1 is 0.743 bits per heavy atom. The summed E-state index contributed by atoms with van der Waals surface area (Å²) in [5.74, 6) is -3.20. The summed E-state index contributed by atoms with van der Waals surface area (Å²) in [6.45, 7) is 8.86. The first kappa shape index (κ1) is 34.9. The molecular formula is C17H25N3O15. The number of hydrogen-bond acceptors (Lipinski definition) is 12. The van der Waals surface area contributed by atoms with Crippen LogP contribution in [-0.4, -0.2) is 89.4 Å². The van der Waals surface area contributed by atoms with Crippen LogP contribution in [-0.2, 0) is 20.8 Å². The van der Waals surface area contributed by atoms with E-state index in [1.54, 1.807) is 9.97 Å². The molecule has 1 rings (SSSR count). The van der Waals surface area contributed by atoms with Gasteiger partial charge in [0.05, 0.1) is 0 Å². The maximum atomic E-state index is 10.9. The van der Waals surface area contributed by atoms with Gasteiger partial charge in [0.1, 0.15) is 26.4 Å². The van der Waals surface area contributed by atoms with E-state index in [4.69, 9.17) is 30.6 Å². The number of nitrogens with one attached hydrogen (secondary N) is 2. The van der Waals surface area contributed by atoms with Crippen molar-refractivity contribution in [3.63, 3.8) is 0 Å². The smallest absolute Gasteiger partial charge is 0.450 e. The summed E-state index contributed by atoms with van der Waals surface area (Å²) in [5, 5.41) is 48.8. The summed E-state index contributed by atoms with van der Waals surface area (Å²) in [4.78, 5) is 64.1. The molecule has 0 unspecified atom stereocenters. The quantitative estimate of drug-likeness (QED) is 0.0848. The van der Waals surface area contributed by atoms with Gasteiger partial charge in [-0.3, -0.25) is 9.97 Å². The van der Waals surface area contributed by atoms with Gasteiger partial charge in [0.2, 0.25) is 0 Å². The molecule has 0 aliphatic heterocycles. The molecule has 1 heterocycles. The maximum absolute atomic E-state index is 10.9. The van der Waals surface area contributed by atoms with E-state index in [1.807, 2.05) is 0 Å². The first-order valence-corrected chi connectivity index (χ1v) is 8.61. The predicted molar refractivity (Wildman–Crippen MR) is 114 cm³/mol. The van der Waals surface area contributed by atoms with Crippen LogP contribution in [0, 0.1) is 0 Å². The number of aromatic amines is 2. The van der Waals surface area contributed by atoms with Gasteiger partial charge in [0, 0.05) is 0 Å². The zero-order chi connectivity index (χ0) is 28.0. The number of carbonyl (C=O) groups is 3. The highest BCUT2D eigenvalue weighted by molar-refractivity contribution is 5.57. The molecule has 0 bridgehead atoms. The molecule has 0 radical (unpaired) electrons. The molecule has 0 fully saturated rings. The molecule has 1 aromatic heterocycles. The van der Waals surface area contributed by atoms with Crippen molar-refractivity contribution >= 4 is 18.5 Å². The Morgan fingerprint density at radius 2 is 1.03 bits per heavy atom. The summed E-state index contributed by atoms with van der Waals surface area (Å²) < 4.78 is 12.2. The molecule has 0 saturated carbocycles. The van der Waals surface area contributed by atoms with Gasteiger partial charge >= 0.3 is 35.5 Å². The summed E-state index contributed by atoms with van der Waals surface area (Å²) in [5.41, 5.74) is -3.32. The Kier molecular flexibility index (Phi) is 19.9. The van der Waals surface area contributed by atoms with Crippen LogP contribution in [0.1, 0.15) is 0 Å². The van der Waals surface area contributed by atoms with Gasteiger partial charge in [-0.05, 0) is 0 Å². The molecule has 0 aliphatic rings. The first-order chi connectivity index (χ1) is 16.1. The highest BCUT2D eigenvalue weighted by atomic mass is 16.7. The van der Waals surface area contributed by atoms with Crippen molar-refractivity contribution in [3.8, 4) is 0 Å². The lowest BCUT2D eigenvalue weighted by atomic mass is 10.5. The van der Waals surface area contributed by atoms with E-state index in [0.29, 0.717) is 0 Å². The minimum atomic E-state index is -3.20. The number of rotatable bonds is 8. The molecule has 198 valence electrons. The molecule has 0 aliphatic carbocycles. The van der Waals surface area contributed by atoms with Crippen LogP contribution in [0.3, 0.4) is 0 Å². The van der Waals surface area contributed by atoms with Crippen LogP contribution in [0.4, 0.5) is 14.4 Å². The highest BCUT2D eigenvalue weighted by Crippen LogP contribution is 1.92. The Balaban J connectivity index is -0.000000419. The fraction of sp³-hybridized carbons (Fsp3) is 0.294. The number of aromatic nitrogens is 3. The number of nitrogens with zero attached hydrogens (tertiary/aromatic N) is 1. The van der Waals surface area contributed by atoms with Crippen molar-refractivity contribution in [2.45, 2.75) is 12.5 Å².